The van der Waals surface area contributed by atoms with Gasteiger partial charge in [0.1, 0.15) is 5.01 Å². The van der Waals surface area contributed by atoms with Gasteiger partial charge < -0.3 is 0 Å². The van der Waals surface area contributed by atoms with Gasteiger partial charge in [-0.05, 0) is 35.2 Å². The lowest BCUT2D eigenvalue weighted by Gasteiger charge is -2.29. The molecule has 0 bridgehead atoms. The van der Waals surface area contributed by atoms with Gasteiger partial charge in [-0.2, -0.15) is 5.26 Å². The fourth-order valence-corrected chi connectivity index (χ4v) is 9.98. The van der Waals surface area contributed by atoms with Crippen LogP contribution in [-0.2, 0) is 6.16 Å². The summed E-state index contributed by atoms with van der Waals surface area (Å²) in [6.07, 6.45) is 7.89. The number of fused-ring (bicyclic) bond motifs is 1. The number of benzene rings is 3. The SMILES string of the molecule is N#CC1=CC=CC(c2nc3ccccc3s2)=P(Cc2ccccc2)(c2ccccc2)C1. The van der Waals surface area contributed by atoms with Gasteiger partial charge in [-0.1, -0.05) is 91.8 Å². The lowest BCUT2D eigenvalue weighted by Crippen LogP contribution is -2.18. The zero-order valence-corrected chi connectivity index (χ0v) is 18.7. The average molecular weight is 437 g/mol. The number of hydrogen-bond acceptors (Lipinski definition) is 3. The van der Waals surface area contributed by atoms with Gasteiger partial charge in [0.15, 0.2) is 0 Å². The van der Waals surface area contributed by atoms with Gasteiger partial charge in [-0.25, -0.2) is 4.98 Å². The largest absolute Gasteiger partial charge is 0.236 e. The lowest BCUT2D eigenvalue weighted by molar-refractivity contribution is 1.36. The molecule has 3 aromatic carbocycles. The molecule has 0 fully saturated rings. The minimum atomic E-state index is -1.98. The fourth-order valence-electron chi connectivity index (χ4n) is 4.21. The Hall–Kier alpha value is -3.18. The highest BCUT2D eigenvalue weighted by Crippen LogP contribution is 2.55. The topological polar surface area (TPSA) is 36.7 Å². The van der Waals surface area contributed by atoms with Crippen LogP contribution in [0, 0.1) is 11.3 Å². The molecule has 0 aliphatic carbocycles. The van der Waals surface area contributed by atoms with Gasteiger partial charge in [0, 0.05) is 17.0 Å². The van der Waals surface area contributed by atoms with Crippen LogP contribution < -0.4 is 5.30 Å². The zero-order chi connectivity index (χ0) is 21.1. The molecule has 0 saturated carbocycles. The minimum Gasteiger partial charge on any atom is -0.236 e. The number of para-hydroxylation sites is 1. The second-order valence-corrected chi connectivity index (χ2v) is 12.2. The molecule has 1 aliphatic rings. The molecule has 4 heteroatoms. The van der Waals surface area contributed by atoms with Crippen LogP contribution >= 0.6 is 18.2 Å². The van der Waals surface area contributed by atoms with Crippen molar-refractivity contribution in [2.75, 3.05) is 6.16 Å². The number of hydrogen-bond donors (Lipinski definition) is 0. The van der Waals surface area contributed by atoms with Crippen molar-refractivity contribution in [3.8, 4) is 6.07 Å². The van der Waals surface area contributed by atoms with Crippen LogP contribution in [0.25, 0.3) is 10.2 Å². The van der Waals surface area contributed by atoms with E-state index < -0.39 is 6.89 Å². The number of nitrogens with zero attached hydrogens (tertiary/aromatic N) is 2. The standard InChI is InChI=1S/C27H21N2PS/c28-18-22-12-9-16-25(27-29-24-15-7-8-17-26(24)31-27)30(20-22,23-13-5-2-6-14-23)19-21-10-3-1-4-11-21/h1-17H,19-20H2. The molecule has 0 radical (unpaired) electrons. The Morgan fingerprint density at radius 3 is 2.35 bits per heavy atom. The summed E-state index contributed by atoms with van der Waals surface area (Å²) in [6.45, 7) is -1.98. The second-order valence-electron chi connectivity index (χ2n) is 7.64. The van der Waals surface area contributed by atoms with E-state index in [-0.39, 0.29) is 0 Å². The predicted molar refractivity (Wildman–Crippen MR) is 135 cm³/mol. The average Bonchev–Trinajstić information content (AvgIpc) is 3.16. The maximum Gasteiger partial charge on any atom is 0.125 e. The molecular weight excluding hydrogens is 415 g/mol. The predicted octanol–water partition coefficient (Wildman–Crippen LogP) is 6.38. The molecule has 0 saturated heterocycles. The molecular formula is C27H21N2PS. The Morgan fingerprint density at radius 2 is 1.61 bits per heavy atom. The van der Waals surface area contributed by atoms with Gasteiger partial charge in [-0.15, -0.1) is 11.3 Å². The van der Waals surface area contributed by atoms with Crippen LogP contribution in [0.5, 0.6) is 0 Å². The van der Waals surface area contributed by atoms with Gasteiger partial charge >= 0.3 is 0 Å². The number of aromatic nitrogens is 1. The minimum absolute atomic E-state index is 0.751. The molecule has 2 heterocycles. The summed E-state index contributed by atoms with van der Waals surface area (Å²) < 4.78 is 1.20. The first kappa shape index (κ1) is 19.8. The highest BCUT2D eigenvalue weighted by atomic mass is 32.1. The summed E-state index contributed by atoms with van der Waals surface area (Å²) in [5.74, 6) is 0. The van der Waals surface area contributed by atoms with E-state index in [4.69, 9.17) is 4.98 Å². The van der Waals surface area contributed by atoms with Crippen molar-refractivity contribution in [2.24, 2.45) is 0 Å². The van der Waals surface area contributed by atoms with Crippen molar-refractivity contribution < 1.29 is 0 Å². The smallest absolute Gasteiger partial charge is 0.125 e. The van der Waals surface area contributed by atoms with Crippen molar-refractivity contribution in [3.63, 3.8) is 0 Å². The third-order valence-electron chi connectivity index (χ3n) is 5.66. The molecule has 1 unspecified atom stereocenters. The van der Waals surface area contributed by atoms with Crippen molar-refractivity contribution in [1.29, 1.82) is 5.26 Å². The molecule has 1 aliphatic heterocycles. The van der Waals surface area contributed by atoms with Crippen LogP contribution in [0.2, 0.25) is 0 Å². The van der Waals surface area contributed by atoms with E-state index in [1.807, 2.05) is 18.2 Å². The molecule has 31 heavy (non-hydrogen) atoms. The summed E-state index contributed by atoms with van der Waals surface area (Å²) in [4.78, 5) is 5.04. The highest BCUT2D eigenvalue weighted by Gasteiger charge is 2.29. The van der Waals surface area contributed by atoms with E-state index in [2.05, 4.69) is 91.0 Å². The van der Waals surface area contributed by atoms with Gasteiger partial charge in [0.2, 0.25) is 0 Å². The molecule has 5 rings (SSSR count). The van der Waals surface area contributed by atoms with E-state index in [0.717, 1.165) is 28.4 Å². The van der Waals surface area contributed by atoms with Gasteiger partial charge in [-0.3, -0.25) is 0 Å². The van der Waals surface area contributed by atoms with Crippen molar-refractivity contribution >= 4 is 39.0 Å². The fraction of sp³-hybridized carbons (Fsp3) is 0.0741. The number of allylic oxidation sites excluding steroid dienone is 4. The van der Waals surface area contributed by atoms with Crippen molar-refractivity contribution in [1.82, 2.24) is 4.98 Å². The molecule has 2 nitrogen and oxygen atoms in total. The van der Waals surface area contributed by atoms with Crippen LogP contribution in [0.3, 0.4) is 0 Å². The van der Waals surface area contributed by atoms with E-state index in [1.54, 1.807) is 11.3 Å². The quantitative estimate of drug-likeness (QED) is 0.348. The summed E-state index contributed by atoms with van der Waals surface area (Å²) >= 11 is 1.75. The number of nitriles is 1. The molecule has 1 atom stereocenters. The third-order valence-corrected chi connectivity index (χ3v) is 11.2. The molecule has 4 aromatic rings. The first-order chi connectivity index (χ1) is 15.3. The first-order valence-electron chi connectivity index (χ1n) is 10.3. The Kier molecular flexibility index (Phi) is 5.43. The van der Waals surface area contributed by atoms with E-state index in [1.165, 1.54) is 20.9 Å². The van der Waals surface area contributed by atoms with Crippen molar-refractivity contribution in [3.05, 3.63) is 119 Å². The zero-order valence-electron chi connectivity index (χ0n) is 17.0. The third kappa shape index (κ3) is 3.81. The highest BCUT2D eigenvalue weighted by molar-refractivity contribution is 7.83. The Bertz CT molecular complexity index is 1360. The van der Waals surface area contributed by atoms with Crippen LogP contribution in [0.1, 0.15) is 10.6 Å². The Morgan fingerprint density at radius 1 is 0.903 bits per heavy atom. The Balaban J connectivity index is 1.85. The van der Waals surface area contributed by atoms with E-state index in [0.29, 0.717) is 0 Å². The summed E-state index contributed by atoms with van der Waals surface area (Å²) in [7, 11) is 0. The molecule has 1 aromatic heterocycles. The molecule has 0 spiro atoms. The monoisotopic (exact) mass is 436 g/mol. The van der Waals surface area contributed by atoms with Crippen LogP contribution in [0.4, 0.5) is 0 Å². The summed E-state index contributed by atoms with van der Waals surface area (Å²) in [5, 5.41) is 13.5. The van der Waals surface area contributed by atoms with Gasteiger partial charge in [0.05, 0.1) is 16.3 Å². The maximum atomic E-state index is 9.88. The second kappa shape index (κ2) is 8.52. The lowest BCUT2D eigenvalue weighted by atomic mass is 10.2. The number of rotatable bonds is 4. The molecule has 150 valence electrons. The van der Waals surface area contributed by atoms with E-state index >= 15 is 0 Å². The maximum absolute atomic E-state index is 9.88. The van der Waals surface area contributed by atoms with Crippen LogP contribution in [0.15, 0.2) is 109 Å². The van der Waals surface area contributed by atoms with Gasteiger partial charge in [0.25, 0.3) is 0 Å². The Labute approximate surface area is 186 Å². The normalized spacial score (nSPS) is 18.4. The van der Waals surface area contributed by atoms with Crippen LogP contribution in [-0.4, -0.2) is 16.4 Å². The number of thiazole rings is 1. The first-order valence-corrected chi connectivity index (χ1v) is 13.2. The molecule has 0 N–H and O–H groups in total. The summed E-state index contributed by atoms with van der Waals surface area (Å²) in [6, 6.07) is 32.2. The van der Waals surface area contributed by atoms with E-state index in [9.17, 15) is 5.26 Å². The van der Waals surface area contributed by atoms with Crippen molar-refractivity contribution in [2.45, 2.75) is 6.16 Å². The molecule has 0 amide bonds. The summed E-state index contributed by atoms with van der Waals surface area (Å²) in [5.41, 5.74) is 3.17.